The van der Waals surface area contributed by atoms with Gasteiger partial charge in [-0.05, 0) is 60.5 Å². The second-order valence-electron chi connectivity index (χ2n) is 7.22. The Morgan fingerprint density at radius 3 is 2.44 bits per heavy atom. The molecule has 1 heterocycles. The summed E-state index contributed by atoms with van der Waals surface area (Å²) in [5, 5.41) is 30.4. The highest BCUT2D eigenvalue weighted by atomic mass is 16.5. The number of carbonyl (C=O) groups is 1. The number of hydrogen-bond acceptors (Lipinski definition) is 5. The van der Waals surface area contributed by atoms with Crippen molar-refractivity contribution < 1.29 is 24.9 Å². The van der Waals surface area contributed by atoms with Crippen molar-refractivity contribution in [1.82, 2.24) is 9.55 Å². The zero-order chi connectivity index (χ0) is 22.8. The van der Waals surface area contributed by atoms with E-state index in [1.54, 1.807) is 72.5 Å². The van der Waals surface area contributed by atoms with E-state index < -0.39 is 5.97 Å². The molecule has 7 heteroatoms. The summed E-state index contributed by atoms with van der Waals surface area (Å²) in [5.41, 5.74) is 3.05. The normalized spacial score (nSPS) is 10.8. The summed E-state index contributed by atoms with van der Waals surface area (Å²) >= 11 is 0. The van der Waals surface area contributed by atoms with Crippen LogP contribution in [0.1, 0.15) is 22.8 Å². The number of para-hydroxylation sites is 1. The second-order valence-corrected chi connectivity index (χ2v) is 7.22. The number of carboxylic acid groups (broad SMARTS) is 1. The lowest BCUT2D eigenvalue weighted by molar-refractivity contribution is 0.0695. The maximum atomic E-state index is 11.6. The largest absolute Gasteiger partial charge is 0.507 e. The Balaban J connectivity index is 1.96. The smallest absolute Gasteiger partial charge is 0.335 e. The topological polar surface area (TPSA) is 105 Å². The van der Waals surface area contributed by atoms with Crippen LogP contribution in [0.15, 0.2) is 66.9 Å². The predicted molar refractivity (Wildman–Crippen MR) is 121 cm³/mol. The number of rotatable bonds is 6. The van der Waals surface area contributed by atoms with Gasteiger partial charge in [0.05, 0.1) is 23.9 Å². The molecule has 0 atom stereocenters. The Kier molecular flexibility index (Phi) is 5.55. The van der Waals surface area contributed by atoms with Crippen LogP contribution in [0.2, 0.25) is 0 Å². The molecule has 0 radical (unpaired) electrons. The molecule has 0 aliphatic carbocycles. The monoisotopic (exact) mass is 430 g/mol. The summed E-state index contributed by atoms with van der Waals surface area (Å²) < 4.78 is 7.05. The van der Waals surface area contributed by atoms with E-state index in [-0.39, 0.29) is 17.1 Å². The molecule has 3 aromatic carbocycles. The zero-order valence-electron chi connectivity index (χ0n) is 17.6. The molecule has 7 nitrogen and oxygen atoms in total. The van der Waals surface area contributed by atoms with Crippen LogP contribution in [0.4, 0.5) is 0 Å². The number of ether oxygens (including phenoxy) is 1. The van der Waals surface area contributed by atoms with Crippen LogP contribution in [0, 0.1) is 0 Å². The van der Waals surface area contributed by atoms with Crippen molar-refractivity contribution in [2.75, 3.05) is 7.11 Å². The number of benzene rings is 3. The number of phenols is 2. The number of methoxy groups -OCH3 is 1. The molecule has 4 aromatic rings. The first-order valence-corrected chi connectivity index (χ1v) is 10.0. The minimum atomic E-state index is -0.984. The van der Waals surface area contributed by atoms with E-state index in [4.69, 9.17) is 9.72 Å². The van der Waals surface area contributed by atoms with Crippen molar-refractivity contribution in [3.63, 3.8) is 0 Å². The number of hydrogen-bond donors (Lipinski definition) is 3. The highest BCUT2D eigenvalue weighted by molar-refractivity contribution is 5.90. The Morgan fingerprint density at radius 1 is 1.00 bits per heavy atom. The number of carboxylic acids is 1. The highest BCUT2D eigenvalue weighted by Gasteiger charge is 2.19. The lowest BCUT2D eigenvalue weighted by Crippen LogP contribution is -2.04. The van der Waals surface area contributed by atoms with Gasteiger partial charge in [0.15, 0.2) is 0 Å². The van der Waals surface area contributed by atoms with Crippen LogP contribution >= 0.6 is 0 Å². The van der Waals surface area contributed by atoms with Crippen molar-refractivity contribution in [2.24, 2.45) is 0 Å². The summed E-state index contributed by atoms with van der Waals surface area (Å²) in [6, 6.07) is 16.8. The van der Waals surface area contributed by atoms with E-state index in [1.165, 1.54) is 6.07 Å². The zero-order valence-corrected chi connectivity index (χ0v) is 17.6. The average Bonchev–Trinajstić information content (AvgIpc) is 3.24. The van der Waals surface area contributed by atoms with E-state index in [1.807, 2.05) is 6.92 Å². The fourth-order valence-electron chi connectivity index (χ4n) is 3.64. The molecule has 162 valence electrons. The van der Waals surface area contributed by atoms with Crippen molar-refractivity contribution >= 4 is 5.97 Å². The molecular weight excluding hydrogens is 408 g/mol. The van der Waals surface area contributed by atoms with Crippen molar-refractivity contribution in [3.8, 4) is 45.6 Å². The van der Waals surface area contributed by atoms with E-state index in [0.29, 0.717) is 46.1 Å². The summed E-state index contributed by atoms with van der Waals surface area (Å²) in [6.45, 7) is 1.89. The van der Waals surface area contributed by atoms with E-state index >= 15 is 0 Å². The molecule has 0 saturated heterocycles. The van der Waals surface area contributed by atoms with Gasteiger partial charge in [-0.1, -0.05) is 19.1 Å². The first kappa shape index (κ1) is 21.0. The average molecular weight is 430 g/mol. The third-order valence-corrected chi connectivity index (χ3v) is 5.31. The van der Waals surface area contributed by atoms with Crippen LogP contribution in [0.5, 0.6) is 17.2 Å². The molecule has 3 N–H and O–H groups in total. The van der Waals surface area contributed by atoms with Crippen LogP contribution in [-0.2, 0) is 6.42 Å². The van der Waals surface area contributed by atoms with E-state index in [2.05, 4.69) is 0 Å². The lowest BCUT2D eigenvalue weighted by Gasteiger charge is -2.12. The minimum absolute atomic E-state index is 0.0368. The number of nitrogens with zero attached hydrogens (tertiary/aromatic N) is 2. The number of aromatic hydroxyl groups is 2. The minimum Gasteiger partial charge on any atom is -0.507 e. The number of aromatic carboxylic acids is 1. The molecule has 0 aliphatic heterocycles. The molecule has 0 amide bonds. The maximum Gasteiger partial charge on any atom is 0.335 e. The molecule has 0 unspecified atom stereocenters. The third kappa shape index (κ3) is 3.76. The van der Waals surface area contributed by atoms with Gasteiger partial charge in [0, 0.05) is 17.4 Å². The number of aromatic nitrogens is 2. The molecule has 0 bridgehead atoms. The molecule has 1 aromatic heterocycles. The second kappa shape index (κ2) is 8.47. The Hall–Kier alpha value is -4.26. The Labute approximate surface area is 184 Å². The Bertz CT molecular complexity index is 1310. The van der Waals surface area contributed by atoms with E-state index in [9.17, 15) is 20.1 Å². The van der Waals surface area contributed by atoms with Crippen LogP contribution < -0.4 is 4.74 Å². The third-order valence-electron chi connectivity index (χ3n) is 5.31. The van der Waals surface area contributed by atoms with Crippen molar-refractivity contribution in [3.05, 3.63) is 78.0 Å². The predicted octanol–water partition coefficient (Wildman–Crippen LogP) is 4.89. The molecule has 32 heavy (non-hydrogen) atoms. The van der Waals surface area contributed by atoms with E-state index in [0.717, 1.165) is 0 Å². The van der Waals surface area contributed by atoms with Gasteiger partial charge in [-0.3, -0.25) is 4.57 Å². The number of imidazole rings is 1. The van der Waals surface area contributed by atoms with Gasteiger partial charge in [0.1, 0.15) is 23.1 Å². The molecule has 0 saturated carbocycles. The SMILES string of the molecule is CCc1cc(-n2cc(-c3cc(OC)ccc3O)nc2-c2ccccc2O)ccc1C(=O)O. The van der Waals surface area contributed by atoms with Gasteiger partial charge in [-0.2, -0.15) is 0 Å². The van der Waals surface area contributed by atoms with Gasteiger partial charge in [-0.15, -0.1) is 0 Å². The Morgan fingerprint density at radius 2 is 1.75 bits per heavy atom. The summed E-state index contributed by atoms with van der Waals surface area (Å²) in [4.78, 5) is 16.3. The van der Waals surface area contributed by atoms with Crippen LogP contribution in [0.25, 0.3) is 28.3 Å². The quantitative estimate of drug-likeness (QED) is 0.402. The summed E-state index contributed by atoms with van der Waals surface area (Å²) in [6.07, 6.45) is 2.28. The molecule has 0 spiro atoms. The van der Waals surface area contributed by atoms with Gasteiger partial charge in [0.25, 0.3) is 0 Å². The van der Waals surface area contributed by atoms with Crippen molar-refractivity contribution in [2.45, 2.75) is 13.3 Å². The number of phenolic OH excluding ortho intramolecular Hbond substituents is 2. The first-order chi connectivity index (χ1) is 15.4. The lowest BCUT2D eigenvalue weighted by atomic mass is 10.0. The molecule has 0 fully saturated rings. The number of aryl methyl sites for hydroxylation is 1. The molecule has 4 rings (SSSR count). The summed E-state index contributed by atoms with van der Waals surface area (Å²) in [7, 11) is 1.54. The maximum absolute atomic E-state index is 11.6. The van der Waals surface area contributed by atoms with Gasteiger partial charge >= 0.3 is 5.97 Å². The fraction of sp³-hybridized carbons (Fsp3) is 0.120. The molecule has 0 aliphatic rings. The van der Waals surface area contributed by atoms with Gasteiger partial charge < -0.3 is 20.1 Å². The van der Waals surface area contributed by atoms with Crippen LogP contribution in [0.3, 0.4) is 0 Å². The van der Waals surface area contributed by atoms with Gasteiger partial charge in [-0.25, -0.2) is 9.78 Å². The van der Waals surface area contributed by atoms with Gasteiger partial charge in [0.2, 0.25) is 0 Å². The fourth-order valence-corrected chi connectivity index (χ4v) is 3.64. The molecular formula is C25H22N2O5. The standard InChI is InChI=1S/C25H22N2O5/c1-3-15-12-16(8-10-18(15)25(30)31)27-14-21(20-13-17(32-2)9-11-23(20)29)26-24(27)19-6-4-5-7-22(19)28/h4-14,28-29H,3H2,1-2H3,(H,30,31). The first-order valence-electron chi connectivity index (χ1n) is 10.0. The summed E-state index contributed by atoms with van der Waals surface area (Å²) in [5.74, 6) is 0.122. The highest BCUT2D eigenvalue weighted by Crippen LogP contribution is 2.37. The van der Waals surface area contributed by atoms with Crippen molar-refractivity contribution in [1.29, 1.82) is 0 Å². The van der Waals surface area contributed by atoms with Crippen LogP contribution in [-0.4, -0.2) is 37.9 Å².